The number of ether oxygens (including phenoxy) is 1. The van der Waals surface area contributed by atoms with E-state index in [1.54, 1.807) is 0 Å². The van der Waals surface area contributed by atoms with Crippen LogP contribution in [0.25, 0.3) is 0 Å². The van der Waals surface area contributed by atoms with Crippen LogP contribution in [-0.2, 0) is 18.2 Å². The fourth-order valence-corrected chi connectivity index (χ4v) is 2.91. The summed E-state index contributed by atoms with van der Waals surface area (Å²) in [6, 6.07) is 2.26. The number of aromatic nitrogens is 2. The van der Waals surface area contributed by atoms with Crippen molar-refractivity contribution in [2.45, 2.75) is 58.1 Å². The number of nitrogens with zero attached hydrogens (tertiary/aromatic N) is 3. The van der Waals surface area contributed by atoms with Crippen LogP contribution < -0.4 is 5.32 Å². The third-order valence-corrected chi connectivity index (χ3v) is 4.12. The second-order valence-corrected chi connectivity index (χ2v) is 7.22. The Morgan fingerprint density at radius 3 is 2.87 bits per heavy atom. The number of piperidine rings is 1. The number of nitrogens with one attached hydrogen (secondary N) is 1. The van der Waals surface area contributed by atoms with Gasteiger partial charge in [-0.25, -0.2) is 4.79 Å². The summed E-state index contributed by atoms with van der Waals surface area (Å²) in [5, 5.41) is 7.65. The largest absolute Gasteiger partial charge is 0.444 e. The summed E-state index contributed by atoms with van der Waals surface area (Å²) >= 11 is 0. The van der Waals surface area contributed by atoms with Crippen molar-refractivity contribution in [1.29, 1.82) is 0 Å². The zero-order valence-corrected chi connectivity index (χ0v) is 14.8. The van der Waals surface area contributed by atoms with Crippen molar-refractivity contribution in [3.63, 3.8) is 0 Å². The van der Waals surface area contributed by atoms with E-state index in [0.717, 1.165) is 38.9 Å². The third kappa shape index (κ3) is 5.53. The molecule has 130 valence electrons. The number of hydrogen-bond donors (Lipinski definition) is 1. The Bertz CT molecular complexity index is 507. The summed E-state index contributed by atoms with van der Waals surface area (Å²) in [6.45, 7) is 8.24. The molecule has 1 amide bonds. The second-order valence-electron chi connectivity index (χ2n) is 7.22. The van der Waals surface area contributed by atoms with Crippen LogP contribution in [0.1, 0.15) is 45.7 Å². The SMILES string of the molecule is Cn1nccc1CCNCC1CCCCN1C(=O)OC(C)(C)C. The maximum atomic E-state index is 12.4. The van der Waals surface area contributed by atoms with Crippen LogP contribution >= 0.6 is 0 Å². The first-order valence-corrected chi connectivity index (χ1v) is 8.54. The summed E-state index contributed by atoms with van der Waals surface area (Å²) in [5.74, 6) is 0. The van der Waals surface area contributed by atoms with Gasteiger partial charge in [0.25, 0.3) is 0 Å². The highest BCUT2D eigenvalue weighted by Crippen LogP contribution is 2.20. The quantitative estimate of drug-likeness (QED) is 0.845. The monoisotopic (exact) mass is 322 g/mol. The number of carbonyl (C=O) groups excluding carboxylic acids is 1. The fourth-order valence-electron chi connectivity index (χ4n) is 2.91. The number of carbonyl (C=O) groups is 1. The lowest BCUT2D eigenvalue weighted by Crippen LogP contribution is -2.50. The van der Waals surface area contributed by atoms with Gasteiger partial charge in [-0.2, -0.15) is 5.10 Å². The zero-order valence-electron chi connectivity index (χ0n) is 14.8. The Kier molecular flexibility index (Phi) is 6.04. The molecule has 0 aliphatic carbocycles. The van der Waals surface area contributed by atoms with E-state index in [4.69, 9.17) is 4.74 Å². The van der Waals surface area contributed by atoms with Crippen molar-refractivity contribution in [3.8, 4) is 0 Å². The molecule has 6 nitrogen and oxygen atoms in total. The Hall–Kier alpha value is -1.56. The average Bonchev–Trinajstić information content (AvgIpc) is 2.87. The van der Waals surface area contributed by atoms with E-state index in [2.05, 4.69) is 10.4 Å². The molecule has 6 heteroatoms. The molecular weight excluding hydrogens is 292 g/mol. The first-order valence-electron chi connectivity index (χ1n) is 8.54. The molecule has 1 aromatic rings. The number of likely N-dealkylation sites (tertiary alicyclic amines) is 1. The predicted octanol–water partition coefficient (Wildman–Crippen LogP) is 2.34. The topological polar surface area (TPSA) is 59.4 Å². The molecule has 1 unspecified atom stereocenters. The lowest BCUT2D eigenvalue weighted by atomic mass is 10.0. The molecule has 23 heavy (non-hydrogen) atoms. The molecule has 0 saturated carbocycles. The van der Waals surface area contributed by atoms with E-state index in [-0.39, 0.29) is 12.1 Å². The van der Waals surface area contributed by atoms with Gasteiger partial charge in [0.1, 0.15) is 5.60 Å². The lowest BCUT2D eigenvalue weighted by molar-refractivity contribution is 0.00999. The minimum atomic E-state index is -0.438. The normalized spacial score (nSPS) is 19.0. The van der Waals surface area contributed by atoms with E-state index in [1.807, 2.05) is 49.7 Å². The van der Waals surface area contributed by atoms with Crippen molar-refractivity contribution in [3.05, 3.63) is 18.0 Å². The van der Waals surface area contributed by atoms with E-state index in [1.165, 1.54) is 12.1 Å². The smallest absolute Gasteiger partial charge is 0.410 e. The van der Waals surface area contributed by atoms with Gasteiger partial charge in [0.05, 0.1) is 0 Å². The number of rotatable bonds is 5. The molecule has 1 aliphatic rings. The van der Waals surface area contributed by atoms with Crippen LogP contribution in [0.15, 0.2) is 12.3 Å². The predicted molar refractivity (Wildman–Crippen MR) is 90.4 cm³/mol. The van der Waals surface area contributed by atoms with E-state index in [0.29, 0.717) is 0 Å². The van der Waals surface area contributed by atoms with Crippen LogP contribution in [0.3, 0.4) is 0 Å². The highest BCUT2D eigenvalue weighted by molar-refractivity contribution is 5.68. The van der Waals surface area contributed by atoms with Gasteiger partial charge < -0.3 is 15.0 Å². The van der Waals surface area contributed by atoms with E-state index < -0.39 is 5.60 Å². The maximum absolute atomic E-state index is 12.4. The first kappa shape index (κ1) is 17.8. The minimum absolute atomic E-state index is 0.185. The van der Waals surface area contributed by atoms with Crippen LogP contribution in [0, 0.1) is 0 Å². The molecule has 1 aromatic heterocycles. The fraction of sp³-hybridized carbons (Fsp3) is 0.765. The van der Waals surface area contributed by atoms with Gasteiger partial charge in [-0.05, 0) is 46.1 Å². The van der Waals surface area contributed by atoms with Crippen molar-refractivity contribution in [2.24, 2.45) is 7.05 Å². The molecule has 1 aliphatic heterocycles. The number of hydrogen-bond acceptors (Lipinski definition) is 4. The number of aryl methyl sites for hydroxylation is 1. The van der Waals surface area contributed by atoms with Gasteiger partial charge in [-0.1, -0.05) is 0 Å². The molecule has 1 fully saturated rings. The highest BCUT2D eigenvalue weighted by atomic mass is 16.6. The van der Waals surface area contributed by atoms with Crippen LogP contribution in [0.5, 0.6) is 0 Å². The van der Waals surface area contributed by atoms with Gasteiger partial charge in [0.2, 0.25) is 0 Å². The average molecular weight is 322 g/mol. The van der Waals surface area contributed by atoms with E-state index in [9.17, 15) is 4.79 Å². The third-order valence-electron chi connectivity index (χ3n) is 4.12. The Morgan fingerprint density at radius 2 is 2.22 bits per heavy atom. The molecule has 0 bridgehead atoms. The highest BCUT2D eigenvalue weighted by Gasteiger charge is 2.30. The Balaban J connectivity index is 1.79. The lowest BCUT2D eigenvalue weighted by Gasteiger charge is -2.37. The summed E-state index contributed by atoms with van der Waals surface area (Å²) in [7, 11) is 1.96. The molecule has 1 saturated heterocycles. The molecule has 2 rings (SSSR count). The summed E-state index contributed by atoms with van der Waals surface area (Å²) in [6.07, 6.45) is 5.85. The summed E-state index contributed by atoms with van der Waals surface area (Å²) in [4.78, 5) is 14.2. The molecule has 0 aromatic carbocycles. The van der Waals surface area contributed by atoms with Gasteiger partial charge >= 0.3 is 6.09 Å². The van der Waals surface area contributed by atoms with Crippen LogP contribution in [-0.4, -0.2) is 52.1 Å². The Labute approximate surface area is 139 Å². The molecule has 0 radical (unpaired) electrons. The van der Waals surface area contributed by atoms with Crippen molar-refractivity contribution in [1.82, 2.24) is 20.0 Å². The molecular formula is C17H30N4O2. The van der Waals surface area contributed by atoms with Crippen LogP contribution in [0.2, 0.25) is 0 Å². The van der Waals surface area contributed by atoms with Gasteiger partial charge in [0, 0.05) is 51.0 Å². The second kappa shape index (κ2) is 7.81. The van der Waals surface area contributed by atoms with Crippen LogP contribution in [0.4, 0.5) is 4.79 Å². The zero-order chi connectivity index (χ0) is 16.9. The van der Waals surface area contributed by atoms with Crippen molar-refractivity contribution < 1.29 is 9.53 Å². The van der Waals surface area contributed by atoms with E-state index >= 15 is 0 Å². The molecule has 1 N–H and O–H groups in total. The summed E-state index contributed by atoms with van der Waals surface area (Å²) < 4.78 is 7.43. The van der Waals surface area contributed by atoms with Crippen molar-refractivity contribution >= 4 is 6.09 Å². The Morgan fingerprint density at radius 1 is 1.43 bits per heavy atom. The minimum Gasteiger partial charge on any atom is -0.444 e. The van der Waals surface area contributed by atoms with Gasteiger partial charge in [-0.3, -0.25) is 4.68 Å². The van der Waals surface area contributed by atoms with Crippen molar-refractivity contribution in [2.75, 3.05) is 19.6 Å². The molecule has 2 heterocycles. The van der Waals surface area contributed by atoms with Gasteiger partial charge in [-0.15, -0.1) is 0 Å². The summed E-state index contributed by atoms with van der Waals surface area (Å²) in [5.41, 5.74) is 0.775. The number of amides is 1. The standard InChI is InChI=1S/C17H30N4O2/c1-17(2,3)23-16(22)21-12-6-5-7-15(21)13-18-10-8-14-9-11-19-20(14)4/h9,11,15,18H,5-8,10,12-13H2,1-4H3. The first-order chi connectivity index (χ1) is 10.9. The van der Waals surface area contributed by atoms with Gasteiger partial charge in [0.15, 0.2) is 0 Å². The molecule has 1 atom stereocenters. The molecule has 0 spiro atoms. The maximum Gasteiger partial charge on any atom is 0.410 e.